The largest absolute Gasteiger partial charge is 0.485 e. The molecule has 0 amide bonds. The molecule has 0 aliphatic carbocycles. The molecule has 0 spiro atoms. The number of ether oxygens (including phenoxy) is 4. The second-order valence-corrected chi connectivity index (χ2v) is 8.19. The lowest BCUT2D eigenvalue weighted by Gasteiger charge is -2.22. The van der Waals surface area contributed by atoms with Crippen LogP contribution in [0, 0.1) is 0 Å². The van der Waals surface area contributed by atoms with Crippen LogP contribution >= 0.6 is 34.8 Å². The van der Waals surface area contributed by atoms with E-state index in [4.69, 9.17) is 53.8 Å². The van der Waals surface area contributed by atoms with E-state index in [1.54, 1.807) is 42.5 Å². The maximum Gasteiger partial charge on any atom is 0.339 e. The van der Waals surface area contributed by atoms with Gasteiger partial charge >= 0.3 is 5.97 Å². The van der Waals surface area contributed by atoms with Crippen molar-refractivity contribution in [1.82, 2.24) is 0 Å². The molecule has 0 unspecified atom stereocenters. The summed E-state index contributed by atoms with van der Waals surface area (Å²) in [5, 5.41) is 11.1. The van der Waals surface area contributed by atoms with Gasteiger partial charge < -0.3 is 24.1 Å². The quantitative estimate of drug-likeness (QED) is 0.410. The van der Waals surface area contributed by atoms with Crippen LogP contribution in [0.2, 0.25) is 15.1 Å². The fourth-order valence-corrected chi connectivity index (χ4v) is 3.98. The van der Waals surface area contributed by atoms with Crippen LogP contribution in [-0.2, 0) is 24.6 Å². The molecule has 1 N–H and O–H groups in total. The Labute approximate surface area is 199 Å². The Hall–Kier alpha value is -2.64. The molecule has 0 aromatic heterocycles. The molecule has 9 heteroatoms. The highest BCUT2D eigenvalue weighted by Gasteiger charge is 2.21. The number of carbonyl (C=O) groups is 1. The monoisotopic (exact) mass is 494 g/mol. The van der Waals surface area contributed by atoms with Crippen molar-refractivity contribution in [1.29, 1.82) is 0 Å². The van der Waals surface area contributed by atoms with E-state index < -0.39 is 5.97 Å². The maximum atomic E-state index is 11.8. The van der Waals surface area contributed by atoms with E-state index in [1.807, 2.05) is 0 Å². The molecule has 3 aromatic carbocycles. The Bertz CT molecular complexity index is 1160. The van der Waals surface area contributed by atoms with Crippen molar-refractivity contribution in [3.8, 4) is 17.2 Å². The van der Waals surface area contributed by atoms with Crippen molar-refractivity contribution < 1.29 is 28.8 Å². The van der Waals surface area contributed by atoms with E-state index in [0.717, 1.165) is 5.56 Å². The van der Waals surface area contributed by atoms with Gasteiger partial charge in [-0.1, -0.05) is 46.9 Å². The van der Waals surface area contributed by atoms with Crippen molar-refractivity contribution >= 4 is 40.8 Å². The number of hydrogen-bond acceptors (Lipinski definition) is 5. The number of para-hydroxylation sites is 1. The zero-order valence-electron chi connectivity index (χ0n) is 16.6. The van der Waals surface area contributed by atoms with Crippen LogP contribution < -0.4 is 14.2 Å². The molecule has 0 saturated heterocycles. The second kappa shape index (κ2) is 9.88. The molecule has 0 radical (unpaired) electrons. The Kier molecular flexibility index (Phi) is 6.96. The Morgan fingerprint density at radius 2 is 1.78 bits per heavy atom. The predicted octanol–water partition coefficient (Wildman–Crippen LogP) is 6.37. The first-order valence-corrected chi connectivity index (χ1v) is 10.6. The number of hydrogen-bond donors (Lipinski definition) is 1. The zero-order chi connectivity index (χ0) is 22.7. The lowest BCUT2D eigenvalue weighted by molar-refractivity contribution is -0.0175. The Morgan fingerprint density at radius 1 is 0.969 bits per heavy atom. The second-order valence-electron chi connectivity index (χ2n) is 6.91. The normalized spacial score (nSPS) is 12.6. The number of carboxylic acid groups (broad SMARTS) is 1. The minimum Gasteiger partial charge on any atom is -0.485 e. The summed E-state index contributed by atoms with van der Waals surface area (Å²) in [7, 11) is 0. The van der Waals surface area contributed by atoms with Gasteiger partial charge in [-0.05, 0) is 36.4 Å². The third-order valence-corrected chi connectivity index (χ3v) is 5.54. The van der Waals surface area contributed by atoms with E-state index in [2.05, 4.69) is 0 Å². The lowest BCUT2D eigenvalue weighted by atomic mass is 10.1. The molecule has 0 fully saturated rings. The summed E-state index contributed by atoms with van der Waals surface area (Å²) in [6, 6.07) is 13.2. The first kappa shape index (κ1) is 22.6. The first-order chi connectivity index (χ1) is 15.4. The summed E-state index contributed by atoms with van der Waals surface area (Å²) in [6.07, 6.45) is 0. The van der Waals surface area contributed by atoms with Crippen LogP contribution in [-0.4, -0.2) is 17.9 Å². The standard InChI is InChI=1S/C23H17Cl3O6/c24-16-5-4-13(19(26)8-16)10-30-20-3-1-2-18(23(27)28)22(20)31-11-15-7-17(25)6-14-9-29-12-32-21(14)15/h1-8H,9-12H2,(H,27,28). The number of rotatable bonds is 7. The van der Waals surface area contributed by atoms with Gasteiger partial charge in [-0.3, -0.25) is 0 Å². The smallest absolute Gasteiger partial charge is 0.339 e. The maximum absolute atomic E-state index is 11.8. The highest BCUT2D eigenvalue weighted by atomic mass is 35.5. The first-order valence-electron chi connectivity index (χ1n) is 9.50. The van der Waals surface area contributed by atoms with E-state index in [1.165, 1.54) is 6.07 Å². The Balaban J connectivity index is 1.60. The Morgan fingerprint density at radius 3 is 2.56 bits per heavy atom. The third kappa shape index (κ3) is 5.05. The van der Waals surface area contributed by atoms with Crippen LogP contribution in [0.4, 0.5) is 0 Å². The third-order valence-electron chi connectivity index (χ3n) is 4.73. The fraction of sp³-hybridized carbons (Fsp3) is 0.174. The predicted molar refractivity (Wildman–Crippen MR) is 120 cm³/mol. The molecule has 166 valence electrons. The van der Waals surface area contributed by atoms with Gasteiger partial charge in [0.25, 0.3) is 0 Å². The van der Waals surface area contributed by atoms with Gasteiger partial charge in [-0.15, -0.1) is 0 Å². The molecule has 3 aromatic rings. The van der Waals surface area contributed by atoms with E-state index in [0.29, 0.717) is 38.6 Å². The van der Waals surface area contributed by atoms with Crippen LogP contribution in [0.15, 0.2) is 48.5 Å². The molecule has 32 heavy (non-hydrogen) atoms. The molecule has 0 atom stereocenters. The van der Waals surface area contributed by atoms with Crippen LogP contribution in [0.25, 0.3) is 0 Å². The number of carboxylic acids is 1. The summed E-state index contributed by atoms with van der Waals surface area (Å²) in [4.78, 5) is 11.8. The summed E-state index contributed by atoms with van der Waals surface area (Å²) >= 11 is 18.4. The molecule has 1 heterocycles. The average molecular weight is 496 g/mol. The molecular weight excluding hydrogens is 479 g/mol. The molecule has 1 aliphatic rings. The molecule has 6 nitrogen and oxygen atoms in total. The number of halogens is 3. The fourth-order valence-electron chi connectivity index (χ4n) is 3.25. The highest BCUT2D eigenvalue weighted by molar-refractivity contribution is 6.35. The molecular formula is C23H17Cl3O6. The summed E-state index contributed by atoms with van der Waals surface area (Å²) in [5.41, 5.74) is 2.12. The number of aromatic carboxylic acids is 1. The lowest BCUT2D eigenvalue weighted by Crippen LogP contribution is -2.14. The zero-order valence-corrected chi connectivity index (χ0v) is 18.8. The summed E-state index contributed by atoms with van der Waals surface area (Å²) < 4.78 is 22.7. The van der Waals surface area contributed by atoms with Crippen LogP contribution in [0.3, 0.4) is 0 Å². The number of benzene rings is 3. The minimum atomic E-state index is -1.15. The molecule has 1 aliphatic heterocycles. The van der Waals surface area contributed by atoms with Crippen molar-refractivity contribution in [3.05, 3.63) is 85.9 Å². The van der Waals surface area contributed by atoms with Gasteiger partial charge in [0.2, 0.25) is 0 Å². The summed E-state index contributed by atoms with van der Waals surface area (Å²) in [5.74, 6) is -0.182. The van der Waals surface area contributed by atoms with Gasteiger partial charge in [-0.25, -0.2) is 4.79 Å². The van der Waals surface area contributed by atoms with E-state index in [-0.39, 0.29) is 37.1 Å². The van der Waals surface area contributed by atoms with Crippen molar-refractivity contribution in [2.45, 2.75) is 19.8 Å². The van der Waals surface area contributed by atoms with E-state index >= 15 is 0 Å². The molecule has 4 rings (SSSR count). The molecule has 0 saturated carbocycles. The number of fused-ring (bicyclic) bond motifs is 1. The van der Waals surface area contributed by atoms with Gasteiger partial charge in [0.15, 0.2) is 18.3 Å². The van der Waals surface area contributed by atoms with Gasteiger partial charge in [-0.2, -0.15) is 0 Å². The average Bonchev–Trinajstić information content (AvgIpc) is 2.76. The SMILES string of the molecule is O=C(O)c1cccc(OCc2ccc(Cl)cc2Cl)c1OCc1cc(Cl)cc2c1OCOC2. The van der Waals surface area contributed by atoms with E-state index in [9.17, 15) is 9.90 Å². The van der Waals surface area contributed by atoms with Crippen molar-refractivity contribution in [2.75, 3.05) is 6.79 Å². The minimum absolute atomic E-state index is 0.0191. The van der Waals surface area contributed by atoms with Crippen molar-refractivity contribution in [3.63, 3.8) is 0 Å². The van der Waals surface area contributed by atoms with Crippen molar-refractivity contribution in [2.24, 2.45) is 0 Å². The summed E-state index contributed by atoms with van der Waals surface area (Å²) in [6.45, 7) is 0.599. The highest BCUT2D eigenvalue weighted by Crippen LogP contribution is 2.36. The van der Waals surface area contributed by atoms with Crippen LogP contribution in [0.1, 0.15) is 27.0 Å². The van der Waals surface area contributed by atoms with Gasteiger partial charge in [0.05, 0.1) is 6.61 Å². The van der Waals surface area contributed by atoms with Gasteiger partial charge in [0, 0.05) is 31.8 Å². The molecule has 0 bridgehead atoms. The van der Waals surface area contributed by atoms with Crippen LogP contribution in [0.5, 0.6) is 17.2 Å². The topological polar surface area (TPSA) is 74.2 Å². The van der Waals surface area contributed by atoms with Gasteiger partial charge in [0.1, 0.15) is 24.5 Å².